The van der Waals surface area contributed by atoms with Gasteiger partial charge in [0.1, 0.15) is 5.60 Å². The quantitative estimate of drug-likeness (QED) is 0.617. The van der Waals surface area contributed by atoms with E-state index < -0.39 is 11.0 Å². The Morgan fingerprint density at radius 2 is 1.54 bits per heavy atom. The zero-order chi connectivity index (χ0) is 18.7. The SMILES string of the molecule is COC1(C#CC(C#N)(c2ccccc2)c2ccccc2)CN2CCC1CC2.[B]. The van der Waals surface area contributed by atoms with Crippen molar-refractivity contribution in [1.29, 1.82) is 5.26 Å². The van der Waals surface area contributed by atoms with Crippen molar-refractivity contribution < 1.29 is 4.74 Å². The highest BCUT2D eigenvalue weighted by atomic mass is 16.5. The summed E-state index contributed by atoms with van der Waals surface area (Å²) in [7, 11) is 1.76. The second-order valence-corrected chi connectivity index (χ2v) is 7.49. The molecule has 5 rings (SSSR count). The van der Waals surface area contributed by atoms with Gasteiger partial charge in [0.05, 0.1) is 6.07 Å². The predicted molar refractivity (Wildman–Crippen MR) is 112 cm³/mol. The van der Waals surface area contributed by atoms with E-state index in [2.05, 4.69) is 22.8 Å². The van der Waals surface area contributed by atoms with Crippen LogP contribution in [-0.2, 0) is 10.2 Å². The van der Waals surface area contributed by atoms with Crippen molar-refractivity contribution in [3.8, 4) is 17.9 Å². The van der Waals surface area contributed by atoms with E-state index in [1.54, 1.807) is 7.11 Å². The maximum atomic E-state index is 10.3. The van der Waals surface area contributed by atoms with Crippen LogP contribution in [-0.4, -0.2) is 45.7 Å². The molecule has 139 valence electrons. The zero-order valence-corrected chi connectivity index (χ0v) is 16.3. The number of rotatable bonds is 3. The molecule has 3 aliphatic heterocycles. The number of fused-ring (bicyclic) bond motifs is 3. The summed E-state index contributed by atoms with van der Waals surface area (Å²) in [5, 5.41) is 10.3. The van der Waals surface area contributed by atoms with Crippen molar-refractivity contribution in [2.24, 2.45) is 5.92 Å². The molecule has 0 spiro atoms. The molecule has 3 fully saturated rings. The summed E-state index contributed by atoms with van der Waals surface area (Å²) in [5.41, 5.74) is 0.319. The Bertz CT molecular complexity index is 849. The van der Waals surface area contributed by atoms with Crippen LogP contribution in [0, 0.1) is 29.1 Å². The van der Waals surface area contributed by atoms with Crippen molar-refractivity contribution in [2.75, 3.05) is 26.7 Å². The molecule has 0 amide bonds. The van der Waals surface area contributed by atoms with Gasteiger partial charge in [-0.3, -0.25) is 4.90 Å². The third kappa shape index (κ3) is 3.35. The van der Waals surface area contributed by atoms with Crippen molar-refractivity contribution in [3.05, 3.63) is 71.8 Å². The standard InChI is InChI=1S/C24H24N2O.B/c1-27-24(19-26-16-12-22(24)13-17-26)15-14-23(18-25,20-8-4-2-5-9-20)21-10-6-3-7-11-21;/h2-11,22H,12-13,16-17,19H2,1H3;. The van der Waals surface area contributed by atoms with Crippen molar-refractivity contribution in [1.82, 2.24) is 4.90 Å². The molecule has 2 aromatic rings. The molecule has 3 radical (unpaired) electrons. The molecular weight excluding hydrogens is 343 g/mol. The summed E-state index contributed by atoms with van der Waals surface area (Å²) in [5.74, 6) is 7.30. The summed E-state index contributed by atoms with van der Waals surface area (Å²) in [6.45, 7) is 3.07. The van der Waals surface area contributed by atoms with Gasteiger partial charge in [-0.2, -0.15) is 5.26 Å². The van der Waals surface area contributed by atoms with E-state index in [-0.39, 0.29) is 8.41 Å². The third-order valence-electron chi connectivity index (χ3n) is 6.11. The van der Waals surface area contributed by atoms with E-state index in [0.717, 1.165) is 43.6 Å². The fraction of sp³-hybridized carbons (Fsp3) is 0.375. The molecule has 3 nitrogen and oxygen atoms in total. The molecule has 1 unspecified atom stereocenters. The lowest BCUT2D eigenvalue weighted by atomic mass is 9.72. The Morgan fingerprint density at radius 3 is 1.93 bits per heavy atom. The minimum Gasteiger partial charge on any atom is -0.364 e. The minimum atomic E-state index is -1.000. The van der Waals surface area contributed by atoms with E-state index in [0.29, 0.717) is 5.92 Å². The molecule has 1 atom stereocenters. The Kier molecular flexibility index (Phi) is 5.94. The van der Waals surface area contributed by atoms with Crippen LogP contribution in [0.25, 0.3) is 0 Å². The van der Waals surface area contributed by atoms with Gasteiger partial charge in [0.25, 0.3) is 0 Å². The number of ether oxygens (including phenoxy) is 1. The number of methoxy groups -OCH3 is 1. The lowest BCUT2D eigenvalue weighted by molar-refractivity contribution is -0.0962. The minimum absolute atomic E-state index is 0. The molecule has 2 aromatic carbocycles. The van der Waals surface area contributed by atoms with E-state index in [4.69, 9.17) is 4.74 Å². The maximum Gasteiger partial charge on any atom is 0.167 e. The van der Waals surface area contributed by atoms with Crippen LogP contribution in [0.5, 0.6) is 0 Å². The lowest BCUT2D eigenvalue weighted by Gasteiger charge is -2.49. The van der Waals surface area contributed by atoms with Crippen molar-refractivity contribution >= 4 is 8.41 Å². The van der Waals surface area contributed by atoms with Gasteiger partial charge in [0.15, 0.2) is 5.41 Å². The first-order valence-corrected chi connectivity index (χ1v) is 9.56. The molecule has 28 heavy (non-hydrogen) atoms. The second kappa shape index (κ2) is 8.23. The van der Waals surface area contributed by atoms with Crippen LogP contribution < -0.4 is 0 Å². The van der Waals surface area contributed by atoms with Gasteiger partial charge in [-0.15, -0.1) is 0 Å². The average molecular weight is 367 g/mol. The first kappa shape index (κ1) is 20.2. The Morgan fingerprint density at radius 1 is 1.00 bits per heavy atom. The molecular formula is C24H24BN2O. The average Bonchev–Trinajstić information content (AvgIpc) is 2.77. The van der Waals surface area contributed by atoms with Crippen LogP contribution in [0.15, 0.2) is 60.7 Å². The number of benzene rings is 2. The largest absolute Gasteiger partial charge is 0.364 e. The number of nitriles is 1. The predicted octanol–water partition coefficient (Wildman–Crippen LogP) is 3.23. The highest BCUT2D eigenvalue weighted by molar-refractivity contribution is 5.75. The lowest BCUT2D eigenvalue weighted by Crippen LogP contribution is -2.59. The second-order valence-electron chi connectivity index (χ2n) is 7.49. The summed E-state index contributed by atoms with van der Waals surface area (Å²) in [6, 6.07) is 22.3. The highest BCUT2D eigenvalue weighted by Gasteiger charge is 2.46. The number of hydrogen-bond acceptors (Lipinski definition) is 3. The molecule has 0 aliphatic carbocycles. The smallest absolute Gasteiger partial charge is 0.167 e. The number of piperidine rings is 3. The molecule has 3 aliphatic rings. The van der Waals surface area contributed by atoms with E-state index in [1.807, 2.05) is 60.7 Å². The fourth-order valence-corrected chi connectivity index (χ4v) is 4.49. The Hall–Kier alpha value is -2.53. The molecule has 0 aromatic heterocycles. The summed E-state index contributed by atoms with van der Waals surface area (Å²) in [4.78, 5) is 2.43. The first-order chi connectivity index (χ1) is 13.2. The molecule has 0 saturated carbocycles. The van der Waals surface area contributed by atoms with Crippen LogP contribution in [0.4, 0.5) is 0 Å². The molecule has 0 N–H and O–H groups in total. The highest BCUT2D eigenvalue weighted by Crippen LogP contribution is 2.39. The van der Waals surface area contributed by atoms with Gasteiger partial charge in [-0.05, 0) is 37.1 Å². The summed E-state index contributed by atoms with van der Waals surface area (Å²) in [6.07, 6.45) is 2.22. The van der Waals surface area contributed by atoms with Crippen molar-refractivity contribution in [3.63, 3.8) is 0 Å². The molecule has 3 heterocycles. The zero-order valence-electron chi connectivity index (χ0n) is 16.3. The van der Waals surface area contributed by atoms with Gasteiger partial charge < -0.3 is 4.74 Å². The van der Waals surface area contributed by atoms with Crippen LogP contribution in [0.1, 0.15) is 24.0 Å². The van der Waals surface area contributed by atoms with Crippen LogP contribution >= 0.6 is 0 Å². The van der Waals surface area contributed by atoms with Crippen LogP contribution in [0.2, 0.25) is 0 Å². The van der Waals surface area contributed by atoms with Crippen LogP contribution in [0.3, 0.4) is 0 Å². The van der Waals surface area contributed by atoms with E-state index in [9.17, 15) is 5.26 Å². The monoisotopic (exact) mass is 367 g/mol. The van der Waals surface area contributed by atoms with Crippen molar-refractivity contribution in [2.45, 2.75) is 23.9 Å². The summed E-state index contributed by atoms with van der Waals surface area (Å²) < 4.78 is 6.00. The molecule has 3 saturated heterocycles. The number of hydrogen-bond donors (Lipinski definition) is 0. The van der Waals surface area contributed by atoms with Gasteiger partial charge in [0, 0.05) is 28.0 Å². The van der Waals surface area contributed by atoms with Gasteiger partial charge in [-0.1, -0.05) is 72.5 Å². The van der Waals surface area contributed by atoms with Gasteiger partial charge in [-0.25, -0.2) is 0 Å². The maximum absolute atomic E-state index is 10.3. The van der Waals surface area contributed by atoms with Gasteiger partial charge in [0.2, 0.25) is 0 Å². The number of nitrogens with zero attached hydrogens (tertiary/aromatic N) is 2. The topological polar surface area (TPSA) is 36.3 Å². The molecule has 4 heteroatoms. The Balaban J connectivity index is 0.00000225. The normalized spacial score (nSPS) is 25.7. The van der Waals surface area contributed by atoms with E-state index in [1.165, 1.54) is 0 Å². The fourth-order valence-electron chi connectivity index (χ4n) is 4.49. The van der Waals surface area contributed by atoms with E-state index >= 15 is 0 Å². The summed E-state index contributed by atoms with van der Waals surface area (Å²) >= 11 is 0. The molecule has 2 bridgehead atoms. The first-order valence-electron chi connectivity index (χ1n) is 9.56. The third-order valence-corrected chi connectivity index (χ3v) is 6.11. The van der Waals surface area contributed by atoms with Gasteiger partial charge >= 0.3 is 0 Å². The Labute approximate surface area is 169 Å².